The Morgan fingerprint density at radius 2 is 1.24 bits per heavy atom. The zero-order valence-electron chi connectivity index (χ0n) is 20.2. The Morgan fingerprint density at radius 1 is 0.541 bits per heavy atom. The van der Waals surface area contributed by atoms with Crippen LogP contribution in [0.3, 0.4) is 0 Å². The summed E-state index contributed by atoms with van der Waals surface area (Å²) in [4.78, 5) is 2.40. The summed E-state index contributed by atoms with van der Waals surface area (Å²) in [6.45, 7) is 0. The minimum atomic E-state index is 0.902. The molecule has 0 saturated heterocycles. The van der Waals surface area contributed by atoms with Gasteiger partial charge in [0.25, 0.3) is 0 Å². The van der Waals surface area contributed by atoms with Crippen LogP contribution in [-0.4, -0.2) is 0 Å². The van der Waals surface area contributed by atoms with E-state index in [9.17, 15) is 0 Å². The van der Waals surface area contributed by atoms with E-state index in [1.54, 1.807) is 0 Å². The molecule has 1 aromatic heterocycles. The van der Waals surface area contributed by atoms with Crippen LogP contribution in [0.1, 0.15) is 11.1 Å². The quantitative estimate of drug-likeness (QED) is 0.248. The van der Waals surface area contributed by atoms with Gasteiger partial charge in [0.2, 0.25) is 0 Å². The van der Waals surface area contributed by atoms with E-state index in [1.807, 2.05) is 0 Å². The molecule has 0 spiro atoms. The minimum absolute atomic E-state index is 0.902. The molecule has 8 rings (SSSR count). The highest BCUT2D eigenvalue weighted by atomic mass is 16.3. The predicted octanol–water partition coefficient (Wildman–Crippen LogP) is 9.63. The van der Waals surface area contributed by atoms with E-state index in [0.29, 0.717) is 0 Å². The highest BCUT2D eigenvalue weighted by Gasteiger charge is 2.24. The molecule has 174 valence electrons. The molecular weight excluding hydrogens is 450 g/mol. The molecule has 6 aromatic carbocycles. The van der Waals surface area contributed by atoms with Gasteiger partial charge < -0.3 is 9.32 Å². The van der Waals surface area contributed by atoms with E-state index in [-0.39, 0.29) is 0 Å². The van der Waals surface area contributed by atoms with Gasteiger partial charge in [-0.15, -0.1) is 0 Å². The van der Waals surface area contributed by atoms with Crippen LogP contribution in [-0.2, 0) is 6.42 Å². The van der Waals surface area contributed by atoms with Crippen molar-refractivity contribution in [2.75, 3.05) is 4.90 Å². The topological polar surface area (TPSA) is 16.4 Å². The van der Waals surface area contributed by atoms with Crippen LogP contribution in [0.15, 0.2) is 132 Å². The number of allylic oxidation sites excluding steroid dienone is 1. The van der Waals surface area contributed by atoms with Crippen molar-refractivity contribution in [2.24, 2.45) is 0 Å². The number of fused-ring (bicyclic) bond motifs is 2. The molecule has 37 heavy (non-hydrogen) atoms. The maximum atomic E-state index is 6.62. The van der Waals surface area contributed by atoms with E-state index in [0.717, 1.165) is 28.7 Å². The number of para-hydroxylation sites is 2. The van der Waals surface area contributed by atoms with Gasteiger partial charge in [-0.25, -0.2) is 0 Å². The molecule has 1 aliphatic rings. The van der Waals surface area contributed by atoms with Gasteiger partial charge in [-0.1, -0.05) is 91.0 Å². The lowest BCUT2D eigenvalue weighted by molar-refractivity contribution is 0.664. The Bertz CT molecular complexity index is 2010. The Balaban J connectivity index is 1.47. The van der Waals surface area contributed by atoms with Crippen molar-refractivity contribution in [3.05, 3.63) is 139 Å². The Hall–Kier alpha value is -4.82. The van der Waals surface area contributed by atoms with Crippen molar-refractivity contribution >= 4 is 60.6 Å². The summed E-state index contributed by atoms with van der Waals surface area (Å²) in [7, 11) is 0. The van der Waals surface area contributed by atoms with Crippen LogP contribution in [0.5, 0.6) is 0 Å². The third-order valence-electron chi connectivity index (χ3n) is 7.66. The Morgan fingerprint density at radius 3 is 2.14 bits per heavy atom. The molecule has 0 aliphatic carbocycles. The number of hydrogen-bond donors (Lipinski definition) is 0. The second kappa shape index (κ2) is 7.84. The van der Waals surface area contributed by atoms with Gasteiger partial charge in [0.15, 0.2) is 0 Å². The van der Waals surface area contributed by atoms with E-state index >= 15 is 0 Å². The molecule has 0 N–H and O–H groups in total. The maximum Gasteiger partial charge on any atom is 0.135 e. The second-order valence-electron chi connectivity index (χ2n) is 9.69. The second-order valence-corrected chi connectivity index (χ2v) is 9.69. The van der Waals surface area contributed by atoms with Gasteiger partial charge in [0.05, 0.1) is 5.70 Å². The summed E-state index contributed by atoms with van der Waals surface area (Å²) in [5.41, 5.74) is 7.95. The van der Waals surface area contributed by atoms with Crippen LogP contribution >= 0.6 is 0 Å². The largest absolute Gasteiger partial charge is 0.456 e. The zero-order valence-corrected chi connectivity index (χ0v) is 20.2. The van der Waals surface area contributed by atoms with Crippen molar-refractivity contribution in [1.82, 2.24) is 0 Å². The molecule has 2 nitrogen and oxygen atoms in total. The third-order valence-corrected chi connectivity index (χ3v) is 7.66. The number of anilines is 2. The Kier molecular flexibility index (Phi) is 4.32. The fourth-order valence-electron chi connectivity index (χ4n) is 6.06. The summed E-state index contributed by atoms with van der Waals surface area (Å²) in [6.07, 6.45) is 3.27. The summed E-state index contributed by atoms with van der Waals surface area (Å²) in [6, 6.07) is 43.3. The van der Waals surface area contributed by atoms with Crippen LogP contribution in [0.25, 0.3) is 49.2 Å². The zero-order chi connectivity index (χ0) is 24.3. The third kappa shape index (κ3) is 2.99. The lowest BCUT2D eigenvalue weighted by Crippen LogP contribution is -2.20. The number of benzene rings is 6. The van der Waals surface area contributed by atoms with Gasteiger partial charge in [0, 0.05) is 27.7 Å². The average molecular weight is 474 g/mol. The van der Waals surface area contributed by atoms with Crippen molar-refractivity contribution in [1.29, 1.82) is 0 Å². The number of nitrogens with zero attached hydrogens (tertiary/aromatic N) is 1. The molecule has 0 saturated carbocycles. The molecule has 0 atom stereocenters. The predicted molar refractivity (Wildman–Crippen MR) is 155 cm³/mol. The first-order valence-corrected chi connectivity index (χ1v) is 12.8. The van der Waals surface area contributed by atoms with Gasteiger partial charge in [-0.2, -0.15) is 0 Å². The van der Waals surface area contributed by atoms with Gasteiger partial charge in [0.1, 0.15) is 11.2 Å². The Labute approximate surface area is 214 Å². The fourth-order valence-corrected chi connectivity index (χ4v) is 6.06. The van der Waals surface area contributed by atoms with E-state index < -0.39 is 0 Å². The molecule has 0 unspecified atom stereocenters. The average Bonchev–Trinajstić information content (AvgIpc) is 3.10. The fraction of sp³-hybridized carbons (Fsp3) is 0.0286. The molecule has 0 bridgehead atoms. The highest BCUT2D eigenvalue weighted by Crippen LogP contribution is 2.44. The minimum Gasteiger partial charge on any atom is -0.456 e. The molecule has 0 fully saturated rings. The first kappa shape index (κ1) is 20.4. The van der Waals surface area contributed by atoms with Crippen molar-refractivity contribution in [2.45, 2.75) is 6.42 Å². The summed E-state index contributed by atoms with van der Waals surface area (Å²) in [5, 5.41) is 7.17. The van der Waals surface area contributed by atoms with Crippen LogP contribution < -0.4 is 4.90 Å². The summed E-state index contributed by atoms with van der Waals surface area (Å²) < 4.78 is 6.62. The van der Waals surface area contributed by atoms with Crippen molar-refractivity contribution in [3.63, 3.8) is 0 Å². The first-order valence-electron chi connectivity index (χ1n) is 12.8. The first-order chi connectivity index (χ1) is 18.4. The van der Waals surface area contributed by atoms with Gasteiger partial charge >= 0.3 is 0 Å². The van der Waals surface area contributed by atoms with Crippen LogP contribution in [0.2, 0.25) is 0 Å². The molecular formula is C35H23NO. The van der Waals surface area contributed by atoms with Gasteiger partial charge in [-0.05, 0) is 69.9 Å². The normalized spacial score (nSPS) is 13.4. The highest BCUT2D eigenvalue weighted by molar-refractivity contribution is 6.24. The lowest BCUT2D eigenvalue weighted by Gasteiger charge is -2.33. The van der Waals surface area contributed by atoms with Crippen LogP contribution in [0.4, 0.5) is 11.4 Å². The molecule has 0 radical (unpaired) electrons. The van der Waals surface area contributed by atoms with Crippen molar-refractivity contribution < 1.29 is 4.42 Å². The summed E-state index contributed by atoms with van der Waals surface area (Å²) in [5.74, 6) is 0. The number of hydrogen-bond acceptors (Lipinski definition) is 2. The van der Waals surface area contributed by atoms with Crippen molar-refractivity contribution in [3.8, 4) is 0 Å². The number of rotatable bonds is 2. The molecule has 0 amide bonds. The maximum absolute atomic E-state index is 6.62. The standard InChI is InChI=1S/C35H23NO/c1-2-12-25(13-3-1)36-30-17-5-4-9-23(30)19-21-31(36)26-20-22-33-35-27(26)15-8-16-29(35)28-14-6-10-24-11-7-18-32(37-33)34(24)28/h1-18,20-22H,19H2. The smallest absolute Gasteiger partial charge is 0.135 e. The summed E-state index contributed by atoms with van der Waals surface area (Å²) >= 11 is 0. The van der Waals surface area contributed by atoms with E-state index in [4.69, 9.17) is 4.42 Å². The van der Waals surface area contributed by atoms with Gasteiger partial charge in [-0.3, -0.25) is 0 Å². The monoisotopic (exact) mass is 473 g/mol. The van der Waals surface area contributed by atoms with Crippen LogP contribution in [0, 0.1) is 0 Å². The van der Waals surface area contributed by atoms with E-state index in [1.165, 1.54) is 49.4 Å². The molecule has 2 heterocycles. The SMILES string of the molecule is C1=C(c2ccc3oc4cccc5cccc(c6cccc2c36)c54)N(c2ccccc2)c2ccccc2C1. The van der Waals surface area contributed by atoms with E-state index in [2.05, 4.69) is 132 Å². The lowest BCUT2D eigenvalue weighted by atomic mass is 9.93. The molecule has 2 heteroatoms. The molecule has 1 aliphatic heterocycles. The molecule has 7 aromatic rings.